The normalized spacial score (nSPS) is 19.5. The van der Waals surface area contributed by atoms with E-state index in [1.165, 1.54) is 23.0 Å². The minimum Gasteiger partial charge on any atom is -0.481 e. The molecule has 308 valence electrons. The second kappa shape index (κ2) is 15.5. The summed E-state index contributed by atoms with van der Waals surface area (Å²) in [7, 11) is -4.22. The van der Waals surface area contributed by atoms with Crippen molar-refractivity contribution in [1.29, 1.82) is 0 Å². The Hall–Kier alpha value is -4.32. The van der Waals surface area contributed by atoms with E-state index in [-0.39, 0.29) is 29.5 Å². The Morgan fingerprint density at radius 3 is 2.42 bits per heavy atom. The topological polar surface area (TPSA) is 149 Å². The molecule has 4 aromatic rings. The van der Waals surface area contributed by atoms with Crippen LogP contribution < -0.4 is 9.47 Å². The van der Waals surface area contributed by atoms with Crippen LogP contribution in [0.25, 0.3) is 5.65 Å². The van der Waals surface area contributed by atoms with Crippen molar-refractivity contribution in [2.24, 2.45) is 5.41 Å². The third kappa shape index (κ3) is 7.95. The molecule has 2 fully saturated rings. The quantitative estimate of drug-likeness (QED) is 0.192. The van der Waals surface area contributed by atoms with Crippen molar-refractivity contribution >= 4 is 21.6 Å². The molecule has 17 heteroatoms. The number of sulfonamides is 1. The van der Waals surface area contributed by atoms with Crippen LogP contribution >= 0.6 is 0 Å². The summed E-state index contributed by atoms with van der Waals surface area (Å²) in [5, 5.41) is 17.7. The lowest BCUT2D eigenvalue weighted by Gasteiger charge is -2.38. The Morgan fingerprint density at radius 1 is 1.02 bits per heavy atom. The fraction of sp³-hybridized carbons (Fsp3) is 0.550. The van der Waals surface area contributed by atoms with E-state index in [2.05, 4.69) is 20.1 Å². The number of carboxylic acid groups (broad SMARTS) is 1. The van der Waals surface area contributed by atoms with Crippen molar-refractivity contribution < 1.29 is 45.7 Å². The Morgan fingerprint density at radius 2 is 1.74 bits per heavy atom. The maximum atomic E-state index is 14.7. The lowest BCUT2D eigenvalue weighted by molar-refractivity contribution is -0.147. The molecule has 1 aromatic carbocycles. The summed E-state index contributed by atoms with van der Waals surface area (Å²) < 4.78 is 91.3. The third-order valence-electron chi connectivity index (χ3n) is 11.8. The van der Waals surface area contributed by atoms with Gasteiger partial charge >= 0.3 is 12.1 Å². The lowest BCUT2D eigenvalue weighted by Crippen LogP contribution is -2.50. The lowest BCUT2D eigenvalue weighted by atomic mass is 9.70. The highest BCUT2D eigenvalue weighted by Crippen LogP contribution is 2.45. The SMILES string of the molecule is Cc1ccc([C@@H](c2ccn3c(C(F)(F)F)nnc3c2C)C(C)(C)C(=O)O)cc1CN1CC2(CCOCC2)Oc2nc(OCCN3CCCCC3)c(C)cc2S1(=O)=O. The van der Waals surface area contributed by atoms with Crippen LogP contribution in [0.2, 0.25) is 0 Å². The highest BCUT2D eigenvalue weighted by molar-refractivity contribution is 7.89. The zero-order valence-electron chi connectivity index (χ0n) is 32.9. The number of carboxylic acids is 1. The Labute approximate surface area is 330 Å². The summed E-state index contributed by atoms with van der Waals surface area (Å²) in [6.45, 7) is 12.2. The number of aryl methyl sites for hydroxylation is 3. The number of halogens is 3. The number of benzene rings is 1. The number of hydrogen-bond acceptors (Lipinski definition) is 10. The van der Waals surface area contributed by atoms with Gasteiger partial charge in [0.05, 0.1) is 25.2 Å². The number of pyridine rings is 2. The molecule has 3 aliphatic rings. The maximum Gasteiger partial charge on any atom is 0.452 e. The van der Waals surface area contributed by atoms with Crippen LogP contribution in [0.5, 0.6) is 11.8 Å². The molecule has 3 aliphatic heterocycles. The average molecular weight is 815 g/mol. The second-order valence-electron chi connectivity index (χ2n) is 16.1. The molecule has 0 radical (unpaired) electrons. The van der Waals surface area contributed by atoms with Gasteiger partial charge in [0, 0.05) is 43.6 Å². The summed E-state index contributed by atoms with van der Waals surface area (Å²) in [6.07, 6.45) is 0.843. The molecule has 13 nitrogen and oxygen atoms in total. The van der Waals surface area contributed by atoms with Gasteiger partial charge in [0.15, 0.2) is 5.65 Å². The third-order valence-corrected chi connectivity index (χ3v) is 13.5. The van der Waals surface area contributed by atoms with Crippen LogP contribution in [0.4, 0.5) is 13.2 Å². The molecule has 6 heterocycles. The van der Waals surface area contributed by atoms with Gasteiger partial charge in [-0.2, -0.15) is 22.5 Å². The first-order valence-corrected chi connectivity index (χ1v) is 20.7. The molecule has 0 saturated carbocycles. The molecular formula is C40H49F3N6O7S. The second-order valence-corrected chi connectivity index (χ2v) is 18.0. The van der Waals surface area contributed by atoms with Gasteiger partial charge in [0.1, 0.15) is 17.1 Å². The monoisotopic (exact) mass is 814 g/mol. The summed E-state index contributed by atoms with van der Waals surface area (Å²) in [5.41, 5.74) is 0.817. The zero-order chi connectivity index (χ0) is 40.9. The number of likely N-dealkylation sites (tertiary alicyclic amines) is 1. The number of alkyl halides is 3. The Balaban J connectivity index is 1.26. The number of piperidine rings is 1. The summed E-state index contributed by atoms with van der Waals surface area (Å²) in [4.78, 5) is 19.8. The van der Waals surface area contributed by atoms with Crippen molar-refractivity contribution in [1.82, 2.24) is 28.8 Å². The average Bonchev–Trinajstić information content (AvgIpc) is 3.59. The zero-order valence-corrected chi connectivity index (χ0v) is 33.7. The highest BCUT2D eigenvalue weighted by atomic mass is 32.2. The van der Waals surface area contributed by atoms with Crippen LogP contribution in [0.3, 0.4) is 0 Å². The summed E-state index contributed by atoms with van der Waals surface area (Å²) in [5.74, 6) is -2.89. The summed E-state index contributed by atoms with van der Waals surface area (Å²) >= 11 is 0. The summed E-state index contributed by atoms with van der Waals surface area (Å²) in [6, 6.07) is 8.40. The van der Waals surface area contributed by atoms with Gasteiger partial charge in [-0.15, -0.1) is 10.2 Å². The molecule has 1 N–H and O–H groups in total. The minimum absolute atomic E-state index is 0.0111. The molecule has 57 heavy (non-hydrogen) atoms. The first-order valence-electron chi connectivity index (χ1n) is 19.3. The number of fused-ring (bicyclic) bond motifs is 2. The van der Waals surface area contributed by atoms with Crippen LogP contribution in [-0.4, -0.2) is 99.9 Å². The standard InChI is InChI=1S/C40H49F3N6O7S/c1-25-9-10-28(32(38(4,5)37(50)51)30-11-16-49-33(27(30)3)45-46-36(49)40(41,42)43)22-29(25)23-48-24-39(12-18-54-19-13-39)56-35-31(57(48,52)53)21-26(2)34(44-35)55-20-17-47-14-7-6-8-15-47/h9-11,16,21-22,32H,6-8,12-15,17-20,23-24H2,1-5H3,(H,50,51)/t32-/m0/s1. The van der Waals surface area contributed by atoms with Crippen molar-refractivity contribution in [3.63, 3.8) is 0 Å². The predicted molar refractivity (Wildman–Crippen MR) is 203 cm³/mol. The molecule has 1 atom stereocenters. The molecule has 7 rings (SSSR count). The van der Waals surface area contributed by atoms with Gasteiger partial charge in [-0.25, -0.2) is 8.42 Å². The molecule has 3 aromatic heterocycles. The fourth-order valence-corrected chi connectivity index (χ4v) is 9.91. The number of rotatable bonds is 10. The van der Waals surface area contributed by atoms with E-state index >= 15 is 0 Å². The van der Waals surface area contributed by atoms with E-state index in [0.29, 0.717) is 66.4 Å². The molecule has 0 amide bonds. The van der Waals surface area contributed by atoms with Gasteiger partial charge in [0.2, 0.25) is 27.6 Å². The molecule has 0 aliphatic carbocycles. The van der Waals surface area contributed by atoms with E-state index in [1.54, 1.807) is 52.0 Å². The van der Waals surface area contributed by atoms with E-state index in [0.717, 1.165) is 42.4 Å². The van der Waals surface area contributed by atoms with Crippen LogP contribution in [-0.2, 0) is 32.3 Å². The Kier molecular flexibility index (Phi) is 11.1. The van der Waals surface area contributed by atoms with Crippen LogP contribution in [0.15, 0.2) is 41.4 Å². The number of ether oxygens (including phenoxy) is 3. The molecule has 0 bridgehead atoms. The van der Waals surface area contributed by atoms with E-state index in [4.69, 9.17) is 14.2 Å². The van der Waals surface area contributed by atoms with Gasteiger partial charge < -0.3 is 19.3 Å². The Bertz CT molecular complexity index is 2270. The first-order chi connectivity index (χ1) is 26.9. The fourth-order valence-electron chi connectivity index (χ4n) is 8.28. The van der Waals surface area contributed by atoms with Gasteiger partial charge in [0.25, 0.3) is 0 Å². The minimum atomic E-state index is -4.75. The first kappa shape index (κ1) is 40.9. The van der Waals surface area contributed by atoms with Gasteiger partial charge in [-0.05, 0) is 100 Å². The predicted octanol–water partition coefficient (Wildman–Crippen LogP) is 6.31. The number of carbonyl (C=O) groups is 1. The van der Waals surface area contributed by atoms with E-state index in [1.807, 2.05) is 6.92 Å². The van der Waals surface area contributed by atoms with Gasteiger partial charge in [-0.1, -0.05) is 24.6 Å². The van der Waals surface area contributed by atoms with E-state index < -0.39 is 44.9 Å². The van der Waals surface area contributed by atoms with Gasteiger partial charge in [-0.3, -0.25) is 14.1 Å². The van der Waals surface area contributed by atoms with Crippen molar-refractivity contribution in [2.75, 3.05) is 46.0 Å². The van der Waals surface area contributed by atoms with Crippen LogP contribution in [0, 0.1) is 26.2 Å². The molecule has 1 spiro atoms. The largest absolute Gasteiger partial charge is 0.481 e. The smallest absolute Gasteiger partial charge is 0.452 e. The van der Waals surface area contributed by atoms with E-state index in [9.17, 15) is 31.5 Å². The van der Waals surface area contributed by atoms with Crippen molar-refractivity contribution in [3.05, 3.63) is 75.7 Å². The van der Waals surface area contributed by atoms with Crippen molar-refractivity contribution in [3.8, 4) is 11.8 Å². The maximum absolute atomic E-state index is 14.7. The number of aliphatic carboxylic acids is 1. The number of aromatic nitrogens is 4. The molecule has 0 unspecified atom stereocenters. The highest BCUT2D eigenvalue weighted by Gasteiger charge is 2.47. The number of nitrogens with zero attached hydrogens (tertiary/aromatic N) is 6. The molecular weight excluding hydrogens is 766 g/mol. The molecule has 2 saturated heterocycles. The van der Waals surface area contributed by atoms with Crippen LogP contribution in [0.1, 0.15) is 91.1 Å². The van der Waals surface area contributed by atoms with Crippen molar-refractivity contribution in [2.45, 2.75) is 95.9 Å². The number of hydrogen-bond donors (Lipinski definition) is 1.